The lowest BCUT2D eigenvalue weighted by Crippen LogP contribution is -2.22. The zero-order valence-electron chi connectivity index (χ0n) is 8.70. The van der Waals surface area contributed by atoms with Crippen molar-refractivity contribution in [3.8, 4) is 0 Å². The number of rotatable bonds is 1. The summed E-state index contributed by atoms with van der Waals surface area (Å²) < 4.78 is 4.10. The van der Waals surface area contributed by atoms with Crippen LogP contribution >= 0.6 is 0 Å². The van der Waals surface area contributed by atoms with Crippen molar-refractivity contribution < 1.29 is 0 Å². The van der Waals surface area contributed by atoms with Gasteiger partial charge >= 0.3 is 0 Å². The largest absolute Gasteiger partial charge is 0.321 e. The smallest absolute Gasteiger partial charge is 0.204 e. The van der Waals surface area contributed by atoms with E-state index in [0.29, 0.717) is 0 Å². The molecule has 0 aliphatic carbocycles. The molecule has 0 N–H and O–H groups in total. The Balaban J connectivity index is 0.000000561. The highest BCUT2D eigenvalue weighted by Gasteiger charge is 1.91. The van der Waals surface area contributed by atoms with E-state index in [1.165, 1.54) is 0 Å². The van der Waals surface area contributed by atoms with Crippen LogP contribution in [-0.2, 0) is 13.6 Å². The second-order valence-electron chi connectivity index (χ2n) is 2.22. The molecule has 0 fully saturated rings. The average Bonchev–Trinajstić information content (AvgIpc) is 2.49. The molecule has 0 aliphatic heterocycles. The van der Waals surface area contributed by atoms with Crippen LogP contribution in [0.2, 0.25) is 0 Å². The summed E-state index contributed by atoms with van der Waals surface area (Å²) >= 11 is 0. The van der Waals surface area contributed by atoms with Crippen molar-refractivity contribution in [2.75, 3.05) is 7.05 Å². The maximum absolute atomic E-state index is 4.13. The molecular formula is C9H19N3. The van der Waals surface area contributed by atoms with Gasteiger partial charge in [0.1, 0.15) is 0 Å². The minimum atomic E-state index is 0.980. The summed E-state index contributed by atoms with van der Waals surface area (Å²) in [6.07, 6.45) is 4.04. The third-order valence-corrected chi connectivity index (χ3v) is 1.58. The highest BCUT2D eigenvalue weighted by atomic mass is 15.2. The van der Waals surface area contributed by atoms with Gasteiger partial charge in [0.15, 0.2) is 0 Å². The van der Waals surface area contributed by atoms with E-state index in [2.05, 4.69) is 16.5 Å². The topological polar surface area (TPSA) is 22.2 Å². The van der Waals surface area contributed by atoms with E-state index in [4.69, 9.17) is 0 Å². The van der Waals surface area contributed by atoms with Gasteiger partial charge in [0.05, 0.1) is 0 Å². The quantitative estimate of drug-likeness (QED) is 0.606. The van der Waals surface area contributed by atoms with Crippen molar-refractivity contribution in [3.63, 3.8) is 0 Å². The molecule has 1 aromatic rings. The summed E-state index contributed by atoms with van der Waals surface area (Å²) in [7, 11) is 3.80. The van der Waals surface area contributed by atoms with Gasteiger partial charge in [-0.2, -0.15) is 0 Å². The highest BCUT2D eigenvalue weighted by molar-refractivity contribution is 4.77. The molecule has 3 nitrogen and oxygen atoms in total. The Morgan fingerprint density at radius 3 is 2.25 bits per heavy atom. The molecule has 0 amide bonds. The summed E-state index contributed by atoms with van der Waals surface area (Å²) in [4.78, 5) is 4.13. The van der Waals surface area contributed by atoms with Crippen molar-refractivity contribution in [3.05, 3.63) is 18.0 Å². The second-order valence-corrected chi connectivity index (χ2v) is 2.22. The first-order valence-electron chi connectivity index (χ1n) is 4.44. The van der Waals surface area contributed by atoms with Gasteiger partial charge in [0, 0.05) is 33.0 Å². The molecule has 0 saturated heterocycles. The molecule has 1 aromatic heterocycles. The summed E-state index contributed by atoms with van der Waals surface area (Å²) in [5, 5.41) is 0. The highest BCUT2D eigenvalue weighted by Crippen LogP contribution is 1.80. The van der Waals surface area contributed by atoms with Crippen molar-refractivity contribution in [1.82, 2.24) is 9.13 Å². The van der Waals surface area contributed by atoms with E-state index in [0.717, 1.165) is 12.2 Å². The van der Waals surface area contributed by atoms with Gasteiger partial charge < -0.3 is 9.13 Å². The number of aryl methyl sites for hydroxylation is 2. The van der Waals surface area contributed by atoms with Crippen LogP contribution in [0.25, 0.3) is 0 Å². The standard InChI is InChI=1S/C7H13N3.C2H6/c1-4-10-6-5-9(3)7(10)8-2;1-2/h5-6H,4H2,1-3H3;1-2H3. The Hall–Kier alpha value is -0.990. The number of hydrogen-bond acceptors (Lipinski definition) is 1. The van der Waals surface area contributed by atoms with Gasteiger partial charge in [-0.1, -0.05) is 13.8 Å². The third-order valence-electron chi connectivity index (χ3n) is 1.58. The van der Waals surface area contributed by atoms with E-state index < -0.39 is 0 Å². The van der Waals surface area contributed by atoms with Gasteiger partial charge in [0.25, 0.3) is 0 Å². The van der Waals surface area contributed by atoms with Crippen LogP contribution in [0.3, 0.4) is 0 Å². The fourth-order valence-corrected chi connectivity index (χ4v) is 1.05. The maximum Gasteiger partial charge on any atom is 0.204 e. The van der Waals surface area contributed by atoms with E-state index in [1.807, 2.05) is 44.9 Å². The number of imidazole rings is 1. The predicted octanol–water partition coefficient (Wildman–Crippen LogP) is 1.40. The zero-order chi connectivity index (χ0) is 9.56. The minimum Gasteiger partial charge on any atom is -0.321 e. The van der Waals surface area contributed by atoms with Gasteiger partial charge in [0.2, 0.25) is 5.62 Å². The SMILES string of the molecule is CC.CCn1ccn(C)c1=NC. The minimum absolute atomic E-state index is 0.980. The lowest BCUT2D eigenvalue weighted by Gasteiger charge is -1.95. The van der Waals surface area contributed by atoms with Crippen molar-refractivity contribution in [1.29, 1.82) is 0 Å². The molecule has 1 rings (SSSR count). The van der Waals surface area contributed by atoms with E-state index in [1.54, 1.807) is 0 Å². The van der Waals surface area contributed by atoms with E-state index >= 15 is 0 Å². The molecule has 0 aliphatic rings. The number of aromatic nitrogens is 2. The van der Waals surface area contributed by atoms with Crippen molar-refractivity contribution in [2.45, 2.75) is 27.3 Å². The molecular weight excluding hydrogens is 150 g/mol. The molecule has 1 heterocycles. The summed E-state index contributed by atoms with van der Waals surface area (Å²) in [5.74, 6) is 0. The monoisotopic (exact) mass is 169 g/mol. The first-order chi connectivity index (χ1) is 5.79. The molecule has 0 atom stereocenters. The molecule has 0 bridgehead atoms. The van der Waals surface area contributed by atoms with Gasteiger partial charge in [-0.15, -0.1) is 0 Å². The molecule has 0 saturated carbocycles. The average molecular weight is 169 g/mol. The van der Waals surface area contributed by atoms with Crippen LogP contribution in [0.1, 0.15) is 20.8 Å². The number of nitrogens with zero attached hydrogens (tertiary/aromatic N) is 3. The maximum atomic E-state index is 4.13. The van der Waals surface area contributed by atoms with Crippen LogP contribution in [0.15, 0.2) is 17.4 Å². The van der Waals surface area contributed by atoms with Crippen LogP contribution in [-0.4, -0.2) is 16.2 Å². The Morgan fingerprint density at radius 2 is 1.92 bits per heavy atom. The summed E-state index contributed by atoms with van der Waals surface area (Å²) in [5.41, 5.74) is 1.02. The molecule has 0 radical (unpaired) electrons. The molecule has 0 unspecified atom stereocenters. The summed E-state index contributed by atoms with van der Waals surface area (Å²) in [6, 6.07) is 0. The molecule has 0 spiro atoms. The van der Waals surface area contributed by atoms with Gasteiger partial charge in [-0.25, -0.2) is 0 Å². The second kappa shape index (κ2) is 5.63. The first kappa shape index (κ1) is 11.0. The Bertz CT molecular complexity index is 268. The van der Waals surface area contributed by atoms with E-state index in [-0.39, 0.29) is 0 Å². The summed E-state index contributed by atoms with van der Waals surface area (Å²) in [6.45, 7) is 7.09. The van der Waals surface area contributed by atoms with Crippen molar-refractivity contribution >= 4 is 0 Å². The van der Waals surface area contributed by atoms with Crippen LogP contribution < -0.4 is 5.62 Å². The first-order valence-corrected chi connectivity index (χ1v) is 4.44. The van der Waals surface area contributed by atoms with Crippen LogP contribution in [0.4, 0.5) is 0 Å². The fraction of sp³-hybridized carbons (Fsp3) is 0.667. The van der Waals surface area contributed by atoms with Crippen LogP contribution in [0.5, 0.6) is 0 Å². The lowest BCUT2D eigenvalue weighted by atomic mass is 10.7. The fourth-order valence-electron chi connectivity index (χ4n) is 1.05. The molecule has 3 heteroatoms. The van der Waals surface area contributed by atoms with Gasteiger partial charge in [-0.3, -0.25) is 4.99 Å². The Labute approximate surface area is 74.4 Å². The molecule has 12 heavy (non-hydrogen) atoms. The van der Waals surface area contributed by atoms with Gasteiger partial charge in [-0.05, 0) is 6.92 Å². The van der Waals surface area contributed by atoms with E-state index in [9.17, 15) is 0 Å². The Kier molecular flexibility index (Phi) is 5.17. The predicted molar refractivity (Wildman–Crippen MR) is 51.9 cm³/mol. The zero-order valence-corrected chi connectivity index (χ0v) is 8.70. The third kappa shape index (κ3) is 2.26. The Morgan fingerprint density at radius 1 is 1.33 bits per heavy atom. The van der Waals surface area contributed by atoms with Crippen molar-refractivity contribution in [2.24, 2.45) is 12.0 Å². The molecule has 70 valence electrons. The number of hydrogen-bond donors (Lipinski definition) is 0. The molecule has 0 aromatic carbocycles. The lowest BCUT2D eigenvalue weighted by molar-refractivity contribution is 0.669. The normalized spacial score (nSPS) is 10.9. The van der Waals surface area contributed by atoms with Crippen LogP contribution in [0, 0.1) is 0 Å².